The number of aromatic nitrogens is 2. The highest BCUT2D eigenvalue weighted by Gasteiger charge is 1.88. The summed E-state index contributed by atoms with van der Waals surface area (Å²) >= 11 is 0. The fourth-order valence-corrected chi connectivity index (χ4v) is 0.883. The zero-order valence-electron chi connectivity index (χ0n) is 6.54. The molecular weight excluding hydrogens is 174 g/mol. The van der Waals surface area contributed by atoms with Crippen LogP contribution in [-0.2, 0) is 0 Å². The summed E-state index contributed by atoms with van der Waals surface area (Å²) < 4.78 is 0. The number of benzene rings is 1. The van der Waals surface area contributed by atoms with Gasteiger partial charge in [0.1, 0.15) is 0 Å². The Morgan fingerprint density at radius 2 is 2.08 bits per heavy atom. The fraction of sp³-hybridized carbons (Fsp3) is 0. The molecule has 68 valence electrons. The predicted octanol–water partition coefficient (Wildman–Crippen LogP) is 1.22. The first-order valence-electron chi connectivity index (χ1n) is 3.41. The molecule has 0 saturated heterocycles. The van der Waals surface area contributed by atoms with Gasteiger partial charge in [-0.25, -0.2) is 0 Å². The summed E-state index contributed by atoms with van der Waals surface area (Å²) in [6, 6.07) is 8.01. The van der Waals surface area contributed by atoms with E-state index in [4.69, 9.17) is 15.3 Å². The van der Waals surface area contributed by atoms with Gasteiger partial charge in [0.25, 0.3) is 5.09 Å². The Morgan fingerprint density at radius 3 is 2.69 bits per heavy atom. The third-order valence-electron chi connectivity index (χ3n) is 1.35. The molecule has 0 radical (unpaired) electrons. The van der Waals surface area contributed by atoms with Crippen LogP contribution in [0.2, 0.25) is 0 Å². The number of hydrogen-bond acceptors (Lipinski definition) is 3. The Morgan fingerprint density at radius 1 is 1.46 bits per heavy atom. The molecule has 0 fully saturated rings. The van der Waals surface area contributed by atoms with E-state index in [-0.39, 0.29) is 0 Å². The number of rotatable bonds is 0. The molecule has 0 saturated carbocycles. The normalized spacial score (nSPS) is 8.92. The second-order valence-electron chi connectivity index (χ2n) is 2.20. The van der Waals surface area contributed by atoms with Gasteiger partial charge in [0.2, 0.25) is 0 Å². The number of H-pyrrole nitrogens is 1. The van der Waals surface area contributed by atoms with Gasteiger partial charge in [-0.1, -0.05) is 18.2 Å². The van der Waals surface area contributed by atoms with Gasteiger partial charge in [0.05, 0.1) is 11.7 Å². The molecule has 0 aliphatic heterocycles. The van der Waals surface area contributed by atoms with E-state index in [1.165, 1.54) is 0 Å². The molecule has 0 aliphatic carbocycles. The summed E-state index contributed by atoms with van der Waals surface area (Å²) in [6.07, 6.45) is 1.81. The van der Waals surface area contributed by atoms with Crippen molar-refractivity contribution in [3.63, 3.8) is 0 Å². The standard InChI is InChI=1S/C7H6N2.HNO3/c1-2-4-7-6(3-1)5-8-9-7;2-1(3)4/h1-5H,(H,8,9);(H,2,3,4). The van der Waals surface area contributed by atoms with E-state index in [1.807, 2.05) is 30.5 Å². The number of para-hydroxylation sites is 1. The molecule has 0 bridgehead atoms. The second-order valence-corrected chi connectivity index (χ2v) is 2.20. The van der Waals surface area contributed by atoms with Crippen LogP contribution in [0, 0.1) is 10.1 Å². The maximum absolute atomic E-state index is 8.36. The van der Waals surface area contributed by atoms with Crippen molar-refractivity contribution in [2.45, 2.75) is 0 Å². The van der Waals surface area contributed by atoms with Crippen molar-refractivity contribution >= 4 is 10.9 Å². The van der Waals surface area contributed by atoms with Crippen LogP contribution in [0.25, 0.3) is 10.9 Å². The average molecular weight is 181 g/mol. The number of nitrogens with zero attached hydrogens (tertiary/aromatic N) is 2. The minimum absolute atomic E-state index is 1.09. The lowest BCUT2D eigenvalue weighted by Crippen LogP contribution is -1.81. The van der Waals surface area contributed by atoms with Gasteiger partial charge >= 0.3 is 0 Å². The minimum Gasteiger partial charge on any atom is -0.328 e. The van der Waals surface area contributed by atoms with Gasteiger partial charge in [-0.15, -0.1) is 10.1 Å². The largest absolute Gasteiger partial charge is 0.328 e. The van der Waals surface area contributed by atoms with E-state index in [0.29, 0.717) is 0 Å². The first kappa shape index (κ1) is 8.98. The average Bonchev–Trinajstić information content (AvgIpc) is 2.49. The number of fused-ring (bicyclic) bond motifs is 1. The molecule has 2 N–H and O–H groups in total. The predicted molar refractivity (Wildman–Crippen MR) is 44.9 cm³/mol. The highest BCUT2D eigenvalue weighted by atomic mass is 16.9. The maximum atomic E-state index is 8.36. The molecule has 2 aromatic rings. The molecule has 13 heavy (non-hydrogen) atoms. The number of aromatic amines is 1. The Hall–Kier alpha value is -2.11. The van der Waals surface area contributed by atoms with Crippen LogP contribution in [0.5, 0.6) is 0 Å². The third kappa shape index (κ3) is 2.78. The van der Waals surface area contributed by atoms with E-state index in [1.54, 1.807) is 0 Å². The molecule has 1 aromatic heterocycles. The van der Waals surface area contributed by atoms with E-state index in [0.717, 1.165) is 10.9 Å². The highest BCUT2D eigenvalue weighted by Crippen LogP contribution is 2.06. The molecule has 0 amide bonds. The van der Waals surface area contributed by atoms with Crippen LogP contribution < -0.4 is 0 Å². The molecule has 6 heteroatoms. The quantitative estimate of drug-likeness (QED) is 0.472. The van der Waals surface area contributed by atoms with E-state index >= 15 is 0 Å². The third-order valence-corrected chi connectivity index (χ3v) is 1.35. The van der Waals surface area contributed by atoms with Crippen molar-refractivity contribution in [3.8, 4) is 0 Å². The number of nitrogens with one attached hydrogen (secondary N) is 1. The molecular formula is C7H7N3O3. The van der Waals surface area contributed by atoms with Gasteiger partial charge in [-0.3, -0.25) is 5.10 Å². The lowest BCUT2D eigenvalue weighted by molar-refractivity contribution is -0.742. The fourth-order valence-electron chi connectivity index (χ4n) is 0.883. The first-order chi connectivity index (χ1) is 6.20. The van der Waals surface area contributed by atoms with Crippen molar-refractivity contribution in [2.24, 2.45) is 0 Å². The Balaban J connectivity index is 0.000000184. The minimum atomic E-state index is -1.50. The summed E-state index contributed by atoms with van der Waals surface area (Å²) in [5.41, 5.74) is 1.09. The van der Waals surface area contributed by atoms with Crippen LogP contribution in [0.3, 0.4) is 0 Å². The van der Waals surface area contributed by atoms with Crippen LogP contribution in [0.15, 0.2) is 30.5 Å². The van der Waals surface area contributed by atoms with Crippen molar-refractivity contribution in [2.75, 3.05) is 0 Å². The summed E-state index contributed by atoms with van der Waals surface area (Å²) in [5, 5.41) is 21.5. The maximum Gasteiger partial charge on any atom is 0.291 e. The molecule has 0 aliphatic rings. The monoisotopic (exact) mass is 181 g/mol. The Bertz CT molecular complexity index is 364. The van der Waals surface area contributed by atoms with Gasteiger partial charge in [-0.2, -0.15) is 5.10 Å². The van der Waals surface area contributed by atoms with E-state index in [2.05, 4.69) is 10.2 Å². The second kappa shape index (κ2) is 4.05. The van der Waals surface area contributed by atoms with Crippen LogP contribution in [0.1, 0.15) is 0 Å². The summed E-state index contributed by atoms with van der Waals surface area (Å²) in [7, 11) is 0. The molecule has 6 nitrogen and oxygen atoms in total. The summed E-state index contributed by atoms with van der Waals surface area (Å²) in [5.74, 6) is 0. The zero-order chi connectivity index (χ0) is 9.68. The Labute approximate surface area is 72.9 Å². The number of hydrogen-bond donors (Lipinski definition) is 2. The van der Waals surface area contributed by atoms with E-state index < -0.39 is 5.09 Å². The Kier molecular flexibility index (Phi) is 2.80. The van der Waals surface area contributed by atoms with Crippen LogP contribution in [0.4, 0.5) is 0 Å². The van der Waals surface area contributed by atoms with Gasteiger partial charge < -0.3 is 5.21 Å². The lowest BCUT2D eigenvalue weighted by Gasteiger charge is -1.81. The van der Waals surface area contributed by atoms with Crippen molar-refractivity contribution < 1.29 is 10.3 Å². The smallest absolute Gasteiger partial charge is 0.291 e. The molecule has 1 aromatic carbocycles. The molecule has 0 spiro atoms. The van der Waals surface area contributed by atoms with Crippen molar-refractivity contribution in [1.82, 2.24) is 10.2 Å². The van der Waals surface area contributed by atoms with Gasteiger partial charge in [-0.05, 0) is 6.07 Å². The molecule has 2 rings (SSSR count). The van der Waals surface area contributed by atoms with E-state index in [9.17, 15) is 0 Å². The summed E-state index contributed by atoms with van der Waals surface area (Å²) in [4.78, 5) is 8.36. The van der Waals surface area contributed by atoms with Gasteiger partial charge in [0.15, 0.2) is 0 Å². The van der Waals surface area contributed by atoms with Crippen LogP contribution in [-0.4, -0.2) is 20.5 Å². The lowest BCUT2D eigenvalue weighted by atomic mass is 10.3. The molecule has 0 unspecified atom stereocenters. The SMILES string of the molecule is O=[N+]([O-])O.c1ccc2[nH]ncc2c1. The zero-order valence-corrected chi connectivity index (χ0v) is 6.54. The van der Waals surface area contributed by atoms with Crippen molar-refractivity contribution in [3.05, 3.63) is 40.6 Å². The first-order valence-corrected chi connectivity index (χ1v) is 3.41. The van der Waals surface area contributed by atoms with Crippen molar-refractivity contribution in [1.29, 1.82) is 0 Å². The summed E-state index contributed by atoms with van der Waals surface area (Å²) in [6.45, 7) is 0. The highest BCUT2D eigenvalue weighted by molar-refractivity contribution is 5.77. The molecule has 1 heterocycles. The topological polar surface area (TPSA) is 92.0 Å². The molecule has 0 atom stereocenters. The van der Waals surface area contributed by atoms with Crippen LogP contribution >= 0.6 is 0 Å². The van der Waals surface area contributed by atoms with Gasteiger partial charge in [0, 0.05) is 5.39 Å².